The Morgan fingerprint density at radius 3 is 2.54 bits per heavy atom. The molecule has 0 aromatic heterocycles. The number of nitrogens with zero attached hydrogens (tertiary/aromatic N) is 2. The number of imide groups is 1. The molecule has 0 spiro atoms. The highest BCUT2D eigenvalue weighted by Crippen LogP contribution is 2.34. The molecule has 2 fully saturated rings. The fourth-order valence-corrected chi connectivity index (χ4v) is 5.13. The van der Waals surface area contributed by atoms with Crippen LogP contribution in [0.5, 0.6) is 5.75 Å². The second-order valence-electron chi connectivity index (χ2n) is 9.26. The van der Waals surface area contributed by atoms with Crippen molar-refractivity contribution in [1.29, 1.82) is 0 Å². The largest absolute Gasteiger partial charge is 0.494 e. The summed E-state index contributed by atoms with van der Waals surface area (Å²) in [6, 6.07) is 20.7. The Hall–Kier alpha value is -3.87. The molecule has 2 unspecified atom stereocenters. The number of ether oxygens (including phenoxy) is 1. The van der Waals surface area contributed by atoms with Crippen molar-refractivity contribution in [2.45, 2.75) is 38.3 Å². The molecule has 2 atom stereocenters. The second kappa shape index (κ2) is 9.06. The van der Waals surface area contributed by atoms with Gasteiger partial charge in [-0.25, -0.2) is 4.79 Å². The van der Waals surface area contributed by atoms with Crippen LogP contribution >= 0.6 is 0 Å². The van der Waals surface area contributed by atoms with Crippen LogP contribution in [0.2, 0.25) is 0 Å². The highest BCUT2D eigenvalue weighted by molar-refractivity contribution is 6.09. The number of carbonyl (C=O) groups is 3. The minimum atomic E-state index is -1.22. The van der Waals surface area contributed by atoms with Crippen LogP contribution in [0.4, 0.5) is 4.79 Å². The minimum absolute atomic E-state index is 0.0779. The lowest BCUT2D eigenvalue weighted by Gasteiger charge is -2.27. The van der Waals surface area contributed by atoms with Gasteiger partial charge in [0, 0.05) is 6.54 Å². The van der Waals surface area contributed by atoms with Gasteiger partial charge in [0.15, 0.2) is 0 Å². The Morgan fingerprint density at radius 2 is 1.80 bits per heavy atom. The van der Waals surface area contributed by atoms with E-state index >= 15 is 0 Å². The molecule has 7 heteroatoms. The van der Waals surface area contributed by atoms with Gasteiger partial charge in [0.1, 0.15) is 17.8 Å². The van der Waals surface area contributed by atoms with Crippen molar-refractivity contribution < 1.29 is 19.1 Å². The topological polar surface area (TPSA) is 79.0 Å². The van der Waals surface area contributed by atoms with Gasteiger partial charge in [0.05, 0.1) is 12.6 Å². The fourth-order valence-electron chi connectivity index (χ4n) is 5.13. The highest BCUT2D eigenvalue weighted by atomic mass is 16.5. The van der Waals surface area contributed by atoms with Crippen LogP contribution in [0, 0.1) is 0 Å². The summed E-state index contributed by atoms with van der Waals surface area (Å²) >= 11 is 0. The fraction of sp³-hybridized carbons (Fsp3) is 0.321. The molecule has 180 valence electrons. The van der Waals surface area contributed by atoms with Gasteiger partial charge < -0.3 is 15.0 Å². The van der Waals surface area contributed by atoms with Crippen molar-refractivity contribution in [2.24, 2.45) is 0 Å². The number of benzene rings is 3. The number of rotatable bonds is 6. The van der Waals surface area contributed by atoms with Crippen LogP contribution in [0.1, 0.15) is 43.9 Å². The highest BCUT2D eigenvalue weighted by Gasteiger charge is 2.50. The molecule has 0 aliphatic carbocycles. The summed E-state index contributed by atoms with van der Waals surface area (Å²) in [6.07, 6.45) is 1.72. The SMILES string of the molecule is CCOc1ccc(C2CCCN2C(=O)CN2C(=O)NC(C)(c3ccc4ccccc4c3)C2=O)cc1. The minimum Gasteiger partial charge on any atom is -0.494 e. The molecule has 3 aromatic rings. The first-order valence-corrected chi connectivity index (χ1v) is 12.1. The van der Waals surface area contributed by atoms with E-state index < -0.39 is 17.5 Å². The number of carbonyl (C=O) groups excluding carboxylic acids is 3. The molecule has 4 amide bonds. The summed E-state index contributed by atoms with van der Waals surface area (Å²) in [5.41, 5.74) is 0.497. The lowest BCUT2D eigenvalue weighted by atomic mass is 9.90. The number of hydrogen-bond donors (Lipinski definition) is 1. The maximum Gasteiger partial charge on any atom is 0.325 e. The Bertz CT molecular complexity index is 1290. The number of amides is 4. The average Bonchev–Trinajstić information content (AvgIpc) is 3.44. The number of fused-ring (bicyclic) bond motifs is 1. The smallest absolute Gasteiger partial charge is 0.325 e. The first-order chi connectivity index (χ1) is 16.9. The lowest BCUT2D eigenvalue weighted by Crippen LogP contribution is -2.44. The zero-order valence-corrected chi connectivity index (χ0v) is 20.0. The first kappa shape index (κ1) is 22.9. The van der Waals surface area contributed by atoms with E-state index in [0.29, 0.717) is 18.7 Å². The quantitative estimate of drug-likeness (QED) is 0.542. The molecule has 3 aromatic carbocycles. The summed E-state index contributed by atoms with van der Waals surface area (Å²) < 4.78 is 5.52. The molecule has 5 rings (SSSR count). The predicted molar refractivity (Wildman–Crippen MR) is 133 cm³/mol. The van der Waals surface area contributed by atoms with Gasteiger partial charge in [-0.2, -0.15) is 0 Å². The van der Waals surface area contributed by atoms with Crippen molar-refractivity contribution in [2.75, 3.05) is 19.7 Å². The van der Waals surface area contributed by atoms with E-state index in [4.69, 9.17) is 4.74 Å². The normalized spacial score (nSPS) is 22.1. The summed E-state index contributed by atoms with van der Waals surface area (Å²) in [4.78, 5) is 42.4. The number of urea groups is 1. The van der Waals surface area contributed by atoms with Gasteiger partial charge in [0.25, 0.3) is 5.91 Å². The summed E-state index contributed by atoms with van der Waals surface area (Å²) in [5.74, 6) is 0.148. The molecule has 0 radical (unpaired) electrons. The van der Waals surface area contributed by atoms with E-state index in [-0.39, 0.29) is 18.5 Å². The maximum absolute atomic E-state index is 13.4. The van der Waals surface area contributed by atoms with Crippen LogP contribution < -0.4 is 10.1 Å². The lowest BCUT2D eigenvalue weighted by molar-refractivity contribution is -0.139. The van der Waals surface area contributed by atoms with Crippen LogP contribution in [0.25, 0.3) is 10.8 Å². The Labute approximate surface area is 204 Å². The number of hydrogen-bond acceptors (Lipinski definition) is 4. The van der Waals surface area contributed by atoms with Crippen molar-refractivity contribution in [1.82, 2.24) is 15.1 Å². The molecule has 2 saturated heterocycles. The summed E-state index contributed by atoms with van der Waals surface area (Å²) in [5, 5.41) is 4.86. The third kappa shape index (κ3) is 4.11. The Kier molecular flexibility index (Phi) is 5.93. The van der Waals surface area contributed by atoms with Crippen molar-refractivity contribution in [3.63, 3.8) is 0 Å². The zero-order valence-electron chi connectivity index (χ0n) is 20.0. The number of nitrogens with one attached hydrogen (secondary N) is 1. The van der Waals surface area contributed by atoms with Gasteiger partial charge in [0.2, 0.25) is 5.91 Å². The van der Waals surface area contributed by atoms with E-state index in [1.807, 2.05) is 73.7 Å². The average molecular weight is 472 g/mol. The molecule has 35 heavy (non-hydrogen) atoms. The van der Waals surface area contributed by atoms with Gasteiger partial charge in [-0.15, -0.1) is 0 Å². The van der Waals surface area contributed by atoms with Crippen molar-refractivity contribution in [3.05, 3.63) is 77.9 Å². The van der Waals surface area contributed by atoms with Gasteiger partial charge >= 0.3 is 6.03 Å². The third-order valence-electron chi connectivity index (χ3n) is 7.04. The van der Waals surface area contributed by atoms with E-state index in [0.717, 1.165) is 39.8 Å². The van der Waals surface area contributed by atoms with E-state index in [1.165, 1.54) is 0 Å². The van der Waals surface area contributed by atoms with E-state index in [9.17, 15) is 14.4 Å². The van der Waals surface area contributed by atoms with E-state index in [1.54, 1.807) is 11.8 Å². The standard InChI is InChI=1S/C28H29N3O4/c1-3-35-23-14-11-20(12-15-23)24-9-6-16-30(24)25(32)18-31-26(33)28(2,29-27(31)34)22-13-10-19-7-4-5-8-21(19)17-22/h4-5,7-8,10-15,17,24H,3,6,9,16,18H2,1-2H3,(H,29,34). The van der Waals surface area contributed by atoms with Crippen LogP contribution in [-0.4, -0.2) is 47.3 Å². The maximum atomic E-state index is 13.4. The summed E-state index contributed by atoms with van der Waals surface area (Å²) in [6.45, 7) is 4.55. The molecule has 2 aliphatic rings. The van der Waals surface area contributed by atoms with Gasteiger partial charge in [-0.1, -0.05) is 48.5 Å². The van der Waals surface area contributed by atoms with Crippen molar-refractivity contribution in [3.8, 4) is 5.75 Å². The molecule has 2 heterocycles. The molecule has 7 nitrogen and oxygen atoms in total. The second-order valence-corrected chi connectivity index (χ2v) is 9.26. The summed E-state index contributed by atoms with van der Waals surface area (Å²) in [7, 11) is 0. The first-order valence-electron chi connectivity index (χ1n) is 12.1. The molecule has 0 bridgehead atoms. The predicted octanol–water partition coefficient (Wildman–Crippen LogP) is 4.37. The van der Waals surface area contributed by atoms with Gasteiger partial charge in [-0.3, -0.25) is 14.5 Å². The van der Waals surface area contributed by atoms with Gasteiger partial charge in [-0.05, 0) is 66.8 Å². The van der Waals surface area contributed by atoms with E-state index in [2.05, 4.69) is 5.32 Å². The molecule has 2 aliphatic heterocycles. The monoisotopic (exact) mass is 471 g/mol. The Balaban J connectivity index is 1.33. The van der Waals surface area contributed by atoms with Crippen molar-refractivity contribution >= 4 is 28.6 Å². The molecule has 0 saturated carbocycles. The molecular formula is C28H29N3O4. The number of likely N-dealkylation sites (tertiary alicyclic amines) is 1. The van der Waals surface area contributed by atoms with Crippen LogP contribution in [0.15, 0.2) is 66.7 Å². The van der Waals surface area contributed by atoms with Crippen LogP contribution in [-0.2, 0) is 15.1 Å². The molecule has 1 N–H and O–H groups in total. The molecular weight excluding hydrogens is 442 g/mol. The van der Waals surface area contributed by atoms with Crippen LogP contribution in [0.3, 0.4) is 0 Å². The zero-order chi connectivity index (χ0) is 24.6. The third-order valence-corrected chi connectivity index (χ3v) is 7.04. The Morgan fingerprint density at radius 1 is 1.06 bits per heavy atom.